The first-order chi connectivity index (χ1) is 2.81. The fourth-order valence-electron chi connectivity index (χ4n) is 0.0430. The van der Waals surface area contributed by atoms with E-state index < -0.39 is 0 Å². The van der Waals surface area contributed by atoms with Crippen LogP contribution in [0.25, 0.3) is 0 Å². The van der Waals surface area contributed by atoms with E-state index in [2.05, 4.69) is 11.5 Å². The lowest BCUT2D eigenvalue weighted by Crippen LogP contribution is -1.97. The second-order valence-electron chi connectivity index (χ2n) is 1.05. The molecule has 0 saturated heterocycles. The van der Waals surface area contributed by atoms with Crippen molar-refractivity contribution < 1.29 is 10.1 Å². The molecule has 36 valence electrons. The largest absolute Gasteiger partial charge is 0.251 e. The fourth-order valence-corrected chi connectivity index (χ4v) is 0.0430. The van der Waals surface area contributed by atoms with Gasteiger partial charge < -0.3 is 0 Å². The SMILES string of the molecule is C=CC(C)OO. The predicted molar refractivity (Wildman–Crippen MR) is 23.4 cm³/mol. The normalized spacial score (nSPS) is 13.7. The molecular formula is C4H8O2. The van der Waals surface area contributed by atoms with Crippen LogP contribution in [0.1, 0.15) is 6.92 Å². The van der Waals surface area contributed by atoms with Crippen molar-refractivity contribution in [2.24, 2.45) is 0 Å². The van der Waals surface area contributed by atoms with E-state index in [1.807, 2.05) is 0 Å². The van der Waals surface area contributed by atoms with Gasteiger partial charge in [0.1, 0.15) is 6.10 Å². The van der Waals surface area contributed by atoms with Gasteiger partial charge in [0.15, 0.2) is 0 Å². The van der Waals surface area contributed by atoms with Crippen molar-refractivity contribution in [2.45, 2.75) is 13.0 Å². The van der Waals surface area contributed by atoms with Crippen LogP contribution in [0.5, 0.6) is 0 Å². The Morgan fingerprint density at radius 2 is 2.50 bits per heavy atom. The third-order valence-corrected chi connectivity index (χ3v) is 0.498. The molecule has 0 rings (SSSR count). The van der Waals surface area contributed by atoms with Crippen LogP contribution in [0.4, 0.5) is 0 Å². The minimum atomic E-state index is -0.245. The number of rotatable bonds is 2. The lowest BCUT2D eigenvalue weighted by atomic mass is 10.4. The topological polar surface area (TPSA) is 29.5 Å². The highest BCUT2D eigenvalue weighted by atomic mass is 17.1. The van der Waals surface area contributed by atoms with Gasteiger partial charge in [0.25, 0.3) is 0 Å². The van der Waals surface area contributed by atoms with Crippen LogP contribution < -0.4 is 0 Å². The first kappa shape index (κ1) is 5.66. The molecule has 2 nitrogen and oxygen atoms in total. The summed E-state index contributed by atoms with van der Waals surface area (Å²) >= 11 is 0. The quantitative estimate of drug-likeness (QED) is 0.310. The van der Waals surface area contributed by atoms with Crippen LogP contribution in [0.2, 0.25) is 0 Å². The molecule has 0 aliphatic carbocycles. The lowest BCUT2D eigenvalue weighted by Gasteiger charge is -1.94. The molecule has 2 heteroatoms. The predicted octanol–water partition coefficient (Wildman–Crippen LogP) is 1.05. The molecule has 0 aromatic heterocycles. The summed E-state index contributed by atoms with van der Waals surface area (Å²) in [5.74, 6) is 0. The maximum atomic E-state index is 7.76. The highest BCUT2D eigenvalue weighted by molar-refractivity contribution is 4.73. The van der Waals surface area contributed by atoms with Gasteiger partial charge in [0, 0.05) is 0 Å². The van der Waals surface area contributed by atoms with E-state index in [9.17, 15) is 0 Å². The van der Waals surface area contributed by atoms with Crippen LogP contribution in [0.15, 0.2) is 12.7 Å². The van der Waals surface area contributed by atoms with Gasteiger partial charge in [-0.1, -0.05) is 6.08 Å². The molecule has 0 saturated carbocycles. The average Bonchev–Trinajstić information content (AvgIpc) is 1.65. The van der Waals surface area contributed by atoms with Gasteiger partial charge in [-0.05, 0) is 6.92 Å². The summed E-state index contributed by atoms with van der Waals surface area (Å²) in [4.78, 5) is 3.78. The fraction of sp³-hybridized carbons (Fsp3) is 0.500. The minimum absolute atomic E-state index is 0.245. The Bertz CT molecular complexity index is 42.8. The minimum Gasteiger partial charge on any atom is -0.251 e. The molecule has 0 aromatic carbocycles. The van der Waals surface area contributed by atoms with Gasteiger partial charge in [0.05, 0.1) is 0 Å². The van der Waals surface area contributed by atoms with Crippen molar-refractivity contribution in [3.63, 3.8) is 0 Å². The van der Waals surface area contributed by atoms with Crippen molar-refractivity contribution in [3.05, 3.63) is 12.7 Å². The van der Waals surface area contributed by atoms with E-state index in [0.717, 1.165) is 0 Å². The van der Waals surface area contributed by atoms with E-state index in [1.54, 1.807) is 6.92 Å². The zero-order valence-electron chi connectivity index (χ0n) is 3.72. The molecule has 6 heavy (non-hydrogen) atoms. The third kappa shape index (κ3) is 1.93. The molecule has 0 fully saturated rings. The first-order valence-electron chi connectivity index (χ1n) is 1.74. The maximum Gasteiger partial charge on any atom is 0.108 e. The molecule has 1 atom stereocenters. The summed E-state index contributed by atoms with van der Waals surface area (Å²) < 4.78 is 0. The smallest absolute Gasteiger partial charge is 0.108 e. The Morgan fingerprint density at radius 1 is 2.00 bits per heavy atom. The number of hydrogen-bond donors (Lipinski definition) is 1. The Labute approximate surface area is 37.0 Å². The average molecular weight is 88.1 g/mol. The molecule has 1 N–H and O–H groups in total. The van der Waals surface area contributed by atoms with Crippen LogP contribution in [0.3, 0.4) is 0 Å². The van der Waals surface area contributed by atoms with Crippen molar-refractivity contribution in [3.8, 4) is 0 Å². The molecule has 0 aromatic rings. The molecule has 0 radical (unpaired) electrons. The van der Waals surface area contributed by atoms with Crippen molar-refractivity contribution in [2.75, 3.05) is 0 Å². The van der Waals surface area contributed by atoms with E-state index in [1.165, 1.54) is 6.08 Å². The van der Waals surface area contributed by atoms with Gasteiger partial charge in [-0.2, -0.15) is 0 Å². The van der Waals surface area contributed by atoms with Crippen molar-refractivity contribution in [1.29, 1.82) is 0 Å². The zero-order valence-corrected chi connectivity index (χ0v) is 3.72. The zero-order chi connectivity index (χ0) is 4.99. The Balaban J connectivity index is 2.96. The highest BCUT2D eigenvalue weighted by Crippen LogP contribution is 1.83. The Kier molecular flexibility index (Phi) is 2.71. The molecule has 0 spiro atoms. The van der Waals surface area contributed by atoms with Gasteiger partial charge in [-0.25, -0.2) is 4.89 Å². The van der Waals surface area contributed by atoms with Crippen molar-refractivity contribution in [1.82, 2.24) is 0 Å². The molecular weight excluding hydrogens is 80.0 g/mol. The van der Waals surface area contributed by atoms with E-state index in [-0.39, 0.29) is 6.10 Å². The van der Waals surface area contributed by atoms with E-state index in [4.69, 9.17) is 5.26 Å². The summed E-state index contributed by atoms with van der Waals surface area (Å²) in [6.07, 6.45) is 1.25. The molecule has 0 bridgehead atoms. The molecule has 0 amide bonds. The molecule has 0 aliphatic rings. The van der Waals surface area contributed by atoms with E-state index >= 15 is 0 Å². The van der Waals surface area contributed by atoms with E-state index in [0.29, 0.717) is 0 Å². The number of hydrogen-bond acceptors (Lipinski definition) is 2. The standard InChI is InChI=1S/C4H8O2/c1-3-4(2)6-5/h3-5H,1H2,2H3. The lowest BCUT2D eigenvalue weighted by molar-refractivity contribution is -0.261. The van der Waals surface area contributed by atoms with Crippen LogP contribution in [-0.2, 0) is 4.89 Å². The molecule has 1 unspecified atom stereocenters. The van der Waals surface area contributed by atoms with Gasteiger partial charge in [-0.15, -0.1) is 6.58 Å². The highest BCUT2D eigenvalue weighted by Gasteiger charge is 1.86. The summed E-state index contributed by atoms with van der Waals surface area (Å²) in [5, 5.41) is 7.76. The van der Waals surface area contributed by atoms with Crippen LogP contribution in [0, 0.1) is 0 Å². The third-order valence-electron chi connectivity index (χ3n) is 0.498. The second-order valence-corrected chi connectivity index (χ2v) is 1.05. The second kappa shape index (κ2) is 2.87. The molecule has 0 heterocycles. The summed E-state index contributed by atoms with van der Waals surface area (Å²) in [5.41, 5.74) is 0. The maximum absolute atomic E-state index is 7.76. The Morgan fingerprint density at radius 3 is 2.50 bits per heavy atom. The van der Waals surface area contributed by atoms with Crippen molar-refractivity contribution >= 4 is 0 Å². The summed E-state index contributed by atoms with van der Waals surface area (Å²) in [6.45, 7) is 5.03. The van der Waals surface area contributed by atoms with Gasteiger partial charge >= 0.3 is 0 Å². The summed E-state index contributed by atoms with van der Waals surface area (Å²) in [7, 11) is 0. The van der Waals surface area contributed by atoms with Gasteiger partial charge in [-0.3, -0.25) is 5.26 Å². The first-order valence-corrected chi connectivity index (χ1v) is 1.74. The van der Waals surface area contributed by atoms with Crippen LogP contribution in [-0.4, -0.2) is 11.4 Å². The van der Waals surface area contributed by atoms with Gasteiger partial charge in [0.2, 0.25) is 0 Å². The Hall–Kier alpha value is -0.340. The van der Waals surface area contributed by atoms with Crippen LogP contribution >= 0.6 is 0 Å². The monoisotopic (exact) mass is 88.1 g/mol. The summed E-state index contributed by atoms with van der Waals surface area (Å²) in [6, 6.07) is 0. The molecule has 0 aliphatic heterocycles.